The van der Waals surface area contributed by atoms with Gasteiger partial charge in [-0.3, -0.25) is 4.79 Å². The monoisotopic (exact) mass is 384 g/mol. The number of carboxylic acids is 1. The number of nitriles is 1. The number of hydrogen-bond donors (Lipinski definition) is 2. The van der Waals surface area contributed by atoms with Crippen LogP contribution in [0.4, 0.5) is 5.69 Å². The molecule has 1 aromatic heterocycles. The fourth-order valence-electron chi connectivity index (χ4n) is 2.30. The van der Waals surface area contributed by atoms with Gasteiger partial charge in [0.05, 0.1) is 22.9 Å². The Hall–Kier alpha value is -2.92. The second-order valence-electron chi connectivity index (χ2n) is 5.78. The number of nitrogens with zero attached hydrogens (tertiary/aromatic N) is 3. The van der Waals surface area contributed by atoms with E-state index in [1.165, 1.54) is 37.5 Å². The average Bonchev–Trinajstić information content (AvgIpc) is 2.68. The third-order valence-electron chi connectivity index (χ3n) is 3.73. The molecule has 0 aliphatic rings. The third kappa shape index (κ3) is 6.08. The number of anilines is 1. The van der Waals surface area contributed by atoms with Crippen LogP contribution in [0.2, 0.25) is 0 Å². The van der Waals surface area contributed by atoms with Crippen LogP contribution in [-0.4, -0.2) is 32.7 Å². The van der Waals surface area contributed by atoms with E-state index in [1.54, 1.807) is 24.2 Å². The fourth-order valence-corrected chi connectivity index (χ4v) is 3.14. The second kappa shape index (κ2) is 10.3. The minimum Gasteiger partial charge on any atom is -0.478 e. The molecule has 0 bridgehead atoms. The van der Waals surface area contributed by atoms with E-state index in [0.717, 1.165) is 17.1 Å². The smallest absolute Gasteiger partial charge is 0.337 e. The van der Waals surface area contributed by atoms with Crippen LogP contribution in [0.5, 0.6) is 0 Å². The van der Waals surface area contributed by atoms with Crippen LogP contribution in [0, 0.1) is 11.3 Å². The van der Waals surface area contributed by atoms with Gasteiger partial charge in [-0.2, -0.15) is 5.26 Å². The van der Waals surface area contributed by atoms with Crippen molar-refractivity contribution in [3.63, 3.8) is 0 Å². The molecular formula is C19H20N4O3S. The van der Waals surface area contributed by atoms with Crippen LogP contribution in [0.25, 0.3) is 0 Å². The molecule has 0 fully saturated rings. The Morgan fingerprint density at radius 1 is 1.22 bits per heavy atom. The van der Waals surface area contributed by atoms with Crippen LogP contribution in [0.3, 0.4) is 0 Å². The highest BCUT2D eigenvalue weighted by molar-refractivity contribution is 7.99. The summed E-state index contributed by atoms with van der Waals surface area (Å²) in [7, 11) is 0. The molecule has 2 rings (SSSR count). The Balaban J connectivity index is 2.00. The normalized spacial score (nSPS) is 10.2. The first-order chi connectivity index (χ1) is 13.0. The molecule has 0 saturated heterocycles. The highest BCUT2D eigenvalue weighted by Gasteiger charge is 2.16. The minimum atomic E-state index is -1.24. The van der Waals surface area contributed by atoms with Crippen LogP contribution >= 0.6 is 11.8 Å². The molecule has 27 heavy (non-hydrogen) atoms. The number of hydrogen-bond acceptors (Lipinski definition) is 6. The lowest BCUT2D eigenvalue weighted by Crippen LogP contribution is -2.17. The molecule has 1 heterocycles. The number of carboxylic acid groups (broad SMARTS) is 1. The Kier molecular flexibility index (Phi) is 7.77. The zero-order valence-corrected chi connectivity index (χ0v) is 15.8. The van der Waals surface area contributed by atoms with E-state index in [4.69, 9.17) is 5.26 Å². The van der Waals surface area contributed by atoms with Gasteiger partial charge in [0.2, 0.25) is 5.82 Å². The van der Waals surface area contributed by atoms with Gasteiger partial charge in [0.25, 0.3) is 5.91 Å². The summed E-state index contributed by atoms with van der Waals surface area (Å²) >= 11 is 1.64. The van der Waals surface area contributed by atoms with Crippen molar-refractivity contribution in [1.29, 1.82) is 5.26 Å². The van der Waals surface area contributed by atoms with E-state index in [-0.39, 0.29) is 22.6 Å². The fraction of sp³-hybridized carbons (Fsp3) is 0.316. The van der Waals surface area contributed by atoms with Gasteiger partial charge in [-0.05, 0) is 30.4 Å². The summed E-state index contributed by atoms with van der Waals surface area (Å²) < 4.78 is 0. The summed E-state index contributed by atoms with van der Waals surface area (Å²) in [4.78, 5) is 32.6. The van der Waals surface area contributed by atoms with E-state index < -0.39 is 11.9 Å². The van der Waals surface area contributed by atoms with Gasteiger partial charge in [0, 0.05) is 17.3 Å². The van der Waals surface area contributed by atoms with Crippen molar-refractivity contribution in [2.24, 2.45) is 0 Å². The van der Waals surface area contributed by atoms with Gasteiger partial charge in [-0.15, -0.1) is 11.8 Å². The molecule has 2 N–H and O–H groups in total. The Morgan fingerprint density at radius 3 is 2.59 bits per heavy atom. The first-order valence-corrected chi connectivity index (χ1v) is 9.57. The number of rotatable bonds is 9. The molecular weight excluding hydrogens is 364 g/mol. The van der Waals surface area contributed by atoms with Crippen molar-refractivity contribution >= 4 is 29.3 Å². The number of aromatic nitrogens is 2. The number of carbonyl (C=O) groups is 2. The molecule has 8 heteroatoms. The highest BCUT2D eigenvalue weighted by Crippen LogP contribution is 2.20. The molecule has 0 radical (unpaired) electrons. The number of unbranched alkanes of at least 4 members (excludes halogenated alkanes) is 3. The Labute approximate surface area is 161 Å². The number of aromatic carboxylic acids is 1. The molecule has 1 amide bonds. The standard InChI is InChI=1S/C19H20N4O3S/c1-2-3-4-5-8-27-14-11-21-17(22-12-14)18(24)23-16-7-6-13(10-20)9-15(16)19(25)26/h6-7,9,11-12H,2-5,8H2,1H3,(H,23,24)(H,25,26). The van der Waals surface area contributed by atoms with Crippen molar-refractivity contribution in [3.8, 4) is 6.07 Å². The summed E-state index contributed by atoms with van der Waals surface area (Å²) in [5.41, 5.74) is 0.119. The van der Waals surface area contributed by atoms with Gasteiger partial charge < -0.3 is 10.4 Å². The topological polar surface area (TPSA) is 116 Å². The third-order valence-corrected chi connectivity index (χ3v) is 4.76. The van der Waals surface area contributed by atoms with Crippen molar-refractivity contribution in [2.45, 2.75) is 37.5 Å². The first-order valence-electron chi connectivity index (χ1n) is 8.58. The Morgan fingerprint density at radius 2 is 1.96 bits per heavy atom. The van der Waals surface area contributed by atoms with Crippen LogP contribution in [0.1, 0.15) is 59.1 Å². The van der Waals surface area contributed by atoms with E-state index in [1.807, 2.05) is 6.07 Å². The summed E-state index contributed by atoms with van der Waals surface area (Å²) in [5, 5.41) is 20.6. The predicted molar refractivity (Wildman–Crippen MR) is 103 cm³/mol. The predicted octanol–water partition coefficient (Wildman–Crippen LogP) is 3.97. The number of amides is 1. The molecule has 0 spiro atoms. The lowest BCUT2D eigenvalue weighted by molar-refractivity contribution is 0.0698. The minimum absolute atomic E-state index is 0.0500. The first kappa shape index (κ1) is 20.4. The number of thioether (sulfide) groups is 1. The SMILES string of the molecule is CCCCCCSc1cnc(C(=O)Nc2ccc(C#N)cc2C(=O)O)nc1. The van der Waals surface area contributed by atoms with Crippen LogP contribution in [0.15, 0.2) is 35.5 Å². The summed E-state index contributed by atoms with van der Waals surface area (Å²) in [6.07, 6.45) is 7.91. The molecule has 0 aliphatic heterocycles. The molecule has 7 nitrogen and oxygen atoms in total. The van der Waals surface area contributed by atoms with Crippen LogP contribution in [-0.2, 0) is 0 Å². The van der Waals surface area contributed by atoms with Crippen molar-refractivity contribution < 1.29 is 14.7 Å². The maximum absolute atomic E-state index is 12.3. The van der Waals surface area contributed by atoms with Crippen LogP contribution < -0.4 is 5.32 Å². The number of nitrogens with one attached hydrogen (secondary N) is 1. The lowest BCUT2D eigenvalue weighted by atomic mass is 10.1. The van der Waals surface area contributed by atoms with E-state index in [2.05, 4.69) is 22.2 Å². The van der Waals surface area contributed by atoms with E-state index >= 15 is 0 Å². The van der Waals surface area contributed by atoms with Gasteiger partial charge in [0.15, 0.2) is 0 Å². The second-order valence-corrected chi connectivity index (χ2v) is 6.95. The molecule has 2 aromatic rings. The molecule has 0 unspecified atom stereocenters. The quantitative estimate of drug-likeness (QED) is 0.496. The Bertz CT molecular complexity index is 847. The van der Waals surface area contributed by atoms with Gasteiger partial charge in [-0.1, -0.05) is 26.2 Å². The van der Waals surface area contributed by atoms with Gasteiger partial charge >= 0.3 is 5.97 Å². The highest BCUT2D eigenvalue weighted by atomic mass is 32.2. The van der Waals surface area contributed by atoms with Crippen molar-refractivity contribution in [1.82, 2.24) is 9.97 Å². The number of carbonyl (C=O) groups excluding carboxylic acids is 1. The maximum atomic E-state index is 12.3. The van der Waals surface area contributed by atoms with E-state index in [0.29, 0.717) is 0 Å². The molecule has 1 aromatic carbocycles. The summed E-state index contributed by atoms with van der Waals surface area (Å²) in [6.45, 7) is 2.17. The summed E-state index contributed by atoms with van der Waals surface area (Å²) in [5.74, 6) is -0.923. The van der Waals surface area contributed by atoms with E-state index in [9.17, 15) is 14.7 Å². The van der Waals surface area contributed by atoms with Crippen molar-refractivity contribution in [3.05, 3.63) is 47.5 Å². The average molecular weight is 384 g/mol. The molecule has 140 valence electrons. The molecule has 0 aliphatic carbocycles. The zero-order valence-electron chi connectivity index (χ0n) is 14.9. The van der Waals surface area contributed by atoms with Gasteiger partial charge in [0.1, 0.15) is 0 Å². The largest absolute Gasteiger partial charge is 0.478 e. The lowest BCUT2D eigenvalue weighted by Gasteiger charge is -2.08. The molecule has 0 atom stereocenters. The molecule has 0 saturated carbocycles. The zero-order chi connectivity index (χ0) is 19.6. The van der Waals surface area contributed by atoms with Crippen molar-refractivity contribution in [2.75, 3.05) is 11.1 Å². The van der Waals surface area contributed by atoms with Gasteiger partial charge in [-0.25, -0.2) is 14.8 Å². The summed E-state index contributed by atoms with van der Waals surface area (Å²) in [6, 6.07) is 5.88. The maximum Gasteiger partial charge on any atom is 0.337 e. The number of benzene rings is 1.